The fraction of sp³-hybridized carbons (Fsp3) is 0.846. The number of sulfone groups is 1. The van der Waals surface area contributed by atoms with Crippen molar-refractivity contribution in [1.29, 1.82) is 0 Å². The van der Waals surface area contributed by atoms with Crippen LogP contribution >= 0.6 is 0 Å². The summed E-state index contributed by atoms with van der Waals surface area (Å²) in [6, 6.07) is -0.421. The quantitative estimate of drug-likeness (QED) is 0.755. The zero-order chi connectivity index (χ0) is 16.3. The molecule has 8 heteroatoms. The van der Waals surface area contributed by atoms with Crippen molar-refractivity contribution in [2.24, 2.45) is 0 Å². The van der Waals surface area contributed by atoms with Gasteiger partial charge >= 0.3 is 12.0 Å². The lowest BCUT2D eigenvalue weighted by atomic mass is 10.0. The van der Waals surface area contributed by atoms with Crippen molar-refractivity contribution in [3.8, 4) is 0 Å². The van der Waals surface area contributed by atoms with Gasteiger partial charge < -0.3 is 15.3 Å². The molecule has 0 bridgehead atoms. The zero-order valence-corrected chi connectivity index (χ0v) is 13.6. The van der Waals surface area contributed by atoms with E-state index in [4.69, 9.17) is 5.11 Å². The van der Waals surface area contributed by atoms with Crippen molar-refractivity contribution in [3.05, 3.63) is 0 Å². The predicted molar refractivity (Wildman–Crippen MR) is 78.9 cm³/mol. The van der Waals surface area contributed by atoms with Crippen molar-refractivity contribution in [3.63, 3.8) is 0 Å². The van der Waals surface area contributed by atoms with Crippen molar-refractivity contribution >= 4 is 21.8 Å². The Hall–Kier alpha value is -1.31. The molecule has 1 aliphatic heterocycles. The van der Waals surface area contributed by atoms with Crippen LogP contribution in [0.1, 0.15) is 40.0 Å². The Morgan fingerprint density at radius 1 is 1.38 bits per heavy atom. The van der Waals surface area contributed by atoms with Gasteiger partial charge in [-0.2, -0.15) is 0 Å². The minimum atomic E-state index is -3.08. The molecule has 0 aromatic heterocycles. The number of carboxylic acid groups (broad SMARTS) is 1. The van der Waals surface area contributed by atoms with Crippen LogP contribution in [0.25, 0.3) is 0 Å². The summed E-state index contributed by atoms with van der Waals surface area (Å²) in [6.45, 7) is 5.74. The molecule has 122 valence electrons. The van der Waals surface area contributed by atoms with E-state index < -0.39 is 21.3 Å². The molecule has 1 heterocycles. The van der Waals surface area contributed by atoms with E-state index in [0.717, 1.165) is 0 Å². The minimum Gasteiger partial charge on any atom is -0.481 e. The summed E-state index contributed by atoms with van der Waals surface area (Å²) < 4.78 is 23.1. The lowest BCUT2D eigenvalue weighted by Crippen LogP contribution is -2.54. The van der Waals surface area contributed by atoms with Gasteiger partial charge in [-0.3, -0.25) is 4.79 Å². The molecule has 0 spiro atoms. The number of nitrogens with zero attached hydrogens (tertiary/aromatic N) is 1. The average Bonchev–Trinajstić information content (AvgIpc) is 2.57. The van der Waals surface area contributed by atoms with Gasteiger partial charge in [0.2, 0.25) is 0 Å². The number of carbonyl (C=O) groups excluding carboxylic acids is 1. The Balaban J connectivity index is 2.63. The first-order chi connectivity index (χ1) is 9.55. The van der Waals surface area contributed by atoms with Crippen LogP contribution in [0.5, 0.6) is 0 Å². The maximum atomic E-state index is 12.3. The molecule has 1 saturated heterocycles. The molecule has 0 aromatic carbocycles. The maximum Gasteiger partial charge on any atom is 0.318 e. The smallest absolute Gasteiger partial charge is 0.318 e. The van der Waals surface area contributed by atoms with E-state index in [-0.39, 0.29) is 30.0 Å². The number of rotatable bonds is 6. The van der Waals surface area contributed by atoms with Crippen LogP contribution in [-0.2, 0) is 14.6 Å². The van der Waals surface area contributed by atoms with Gasteiger partial charge in [-0.1, -0.05) is 0 Å². The van der Waals surface area contributed by atoms with E-state index >= 15 is 0 Å². The molecule has 2 amide bonds. The van der Waals surface area contributed by atoms with Gasteiger partial charge in [-0.15, -0.1) is 0 Å². The van der Waals surface area contributed by atoms with Crippen LogP contribution in [0.2, 0.25) is 0 Å². The highest BCUT2D eigenvalue weighted by Crippen LogP contribution is 2.23. The van der Waals surface area contributed by atoms with Crippen LogP contribution < -0.4 is 5.32 Å². The van der Waals surface area contributed by atoms with Crippen molar-refractivity contribution < 1.29 is 23.1 Å². The van der Waals surface area contributed by atoms with Gasteiger partial charge in [0.1, 0.15) is 0 Å². The van der Waals surface area contributed by atoms with Gasteiger partial charge in [0.05, 0.1) is 17.0 Å². The van der Waals surface area contributed by atoms with Crippen LogP contribution in [0.3, 0.4) is 0 Å². The molecule has 0 radical (unpaired) electrons. The van der Waals surface area contributed by atoms with Gasteiger partial charge in [0.15, 0.2) is 9.84 Å². The summed E-state index contributed by atoms with van der Waals surface area (Å²) in [4.78, 5) is 24.4. The number of hydrogen-bond acceptors (Lipinski definition) is 4. The second-order valence-electron chi connectivity index (χ2n) is 6.12. The first-order valence-electron chi connectivity index (χ1n) is 7.06. The molecular formula is C13H24N2O5S. The number of amides is 2. The molecule has 1 rings (SSSR count). The third-order valence-electron chi connectivity index (χ3n) is 3.59. The average molecular weight is 320 g/mol. The summed E-state index contributed by atoms with van der Waals surface area (Å²) in [6.07, 6.45) is 0.778. The van der Waals surface area contributed by atoms with Crippen molar-refractivity contribution in [2.75, 3.05) is 18.1 Å². The molecule has 0 aromatic rings. The number of aliphatic carboxylic acids is 1. The molecular weight excluding hydrogens is 296 g/mol. The van der Waals surface area contributed by atoms with Gasteiger partial charge in [-0.05, 0) is 33.6 Å². The van der Waals surface area contributed by atoms with E-state index in [1.165, 1.54) is 0 Å². The Morgan fingerprint density at radius 2 is 2.00 bits per heavy atom. The highest BCUT2D eigenvalue weighted by atomic mass is 32.2. The number of carboxylic acids is 1. The van der Waals surface area contributed by atoms with Gasteiger partial charge in [-0.25, -0.2) is 13.2 Å². The molecule has 1 atom stereocenters. The summed E-state index contributed by atoms with van der Waals surface area (Å²) >= 11 is 0. The number of carbonyl (C=O) groups is 2. The molecule has 0 aliphatic carbocycles. The van der Waals surface area contributed by atoms with Crippen LogP contribution in [-0.4, -0.2) is 60.1 Å². The summed E-state index contributed by atoms with van der Waals surface area (Å²) in [7, 11) is -3.08. The van der Waals surface area contributed by atoms with E-state index in [1.54, 1.807) is 11.8 Å². The predicted octanol–water partition coefficient (Wildman–Crippen LogP) is 0.848. The topological polar surface area (TPSA) is 104 Å². The third kappa shape index (κ3) is 5.53. The molecule has 0 saturated carbocycles. The Kier molecular flexibility index (Phi) is 5.61. The normalized spacial score (nSPS) is 24.0. The number of urea groups is 1. The standard InChI is InChI=1S/C13H24N2O5S/c1-10(2)15(7-4-5-11(16)17)12(18)14-13(3)6-8-21(19,20)9-13/h10H,4-9H2,1-3H3,(H,14,18)(H,16,17). The second kappa shape index (κ2) is 6.64. The number of hydrogen-bond donors (Lipinski definition) is 2. The fourth-order valence-electron chi connectivity index (χ4n) is 2.43. The van der Waals surface area contributed by atoms with Gasteiger partial charge in [0.25, 0.3) is 0 Å². The van der Waals surface area contributed by atoms with Crippen LogP contribution in [0.4, 0.5) is 4.79 Å². The van der Waals surface area contributed by atoms with Crippen LogP contribution in [0, 0.1) is 0 Å². The highest BCUT2D eigenvalue weighted by molar-refractivity contribution is 7.91. The zero-order valence-electron chi connectivity index (χ0n) is 12.8. The largest absolute Gasteiger partial charge is 0.481 e. The lowest BCUT2D eigenvalue weighted by molar-refractivity contribution is -0.137. The molecule has 7 nitrogen and oxygen atoms in total. The summed E-state index contributed by atoms with van der Waals surface area (Å²) in [5.74, 6) is -0.856. The van der Waals surface area contributed by atoms with Crippen molar-refractivity contribution in [1.82, 2.24) is 10.2 Å². The van der Waals surface area contributed by atoms with Gasteiger partial charge in [0, 0.05) is 19.0 Å². The van der Waals surface area contributed by atoms with Crippen molar-refractivity contribution in [2.45, 2.75) is 51.6 Å². The fourth-order valence-corrected chi connectivity index (χ4v) is 4.53. The van der Waals surface area contributed by atoms with E-state index in [9.17, 15) is 18.0 Å². The maximum absolute atomic E-state index is 12.3. The second-order valence-corrected chi connectivity index (χ2v) is 8.30. The molecule has 21 heavy (non-hydrogen) atoms. The Morgan fingerprint density at radius 3 is 2.43 bits per heavy atom. The first-order valence-corrected chi connectivity index (χ1v) is 8.88. The van der Waals surface area contributed by atoms with E-state index in [0.29, 0.717) is 19.4 Å². The monoisotopic (exact) mass is 320 g/mol. The highest BCUT2D eigenvalue weighted by Gasteiger charge is 2.40. The van der Waals surface area contributed by atoms with Crippen LogP contribution in [0.15, 0.2) is 0 Å². The summed E-state index contributed by atoms with van der Waals surface area (Å²) in [5.41, 5.74) is -0.740. The Bertz CT molecular complexity index is 503. The van der Waals surface area contributed by atoms with E-state index in [1.807, 2.05) is 13.8 Å². The minimum absolute atomic E-state index is 0.00213. The Labute approximate surface area is 125 Å². The molecule has 1 fully saturated rings. The lowest BCUT2D eigenvalue weighted by Gasteiger charge is -2.32. The SMILES string of the molecule is CC(C)N(CCCC(=O)O)C(=O)NC1(C)CCS(=O)(=O)C1. The molecule has 1 unspecified atom stereocenters. The third-order valence-corrected chi connectivity index (χ3v) is 5.49. The summed E-state index contributed by atoms with van der Waals surface area (Å²) in [5, 5.41) is 11.4. The first kappa shape index (κ1) is 17.7. The van der Waals surface area contributed by atoms with E-state index in [2.05, 4.69) is 5.32 Å². The molecule has 1 aliphatic rings. The number of nitrogens with one attached hydrogen (secondary N) is 1. The molecule has 2 N–H and O–H groups in total.